The van der Waals surface area contributed by atoms with Crippen LogP contribution in [0.3, 0.4) is 0 Å². The number of ether oxygens (including phenoxy) is 1. The lowest BCUT2D eigenvalue weighted by atomic mass is 10.0. The fourth-order valence-electron chi connectivity index (χ4n) is 3.26. The van der Waals surface area contributed by atoms with Crippen LogP contribution in [0.1, 0.15) is 110 Å². The molecule has 1 unspecified atom stereocenters. The minimum atomic E-state index is -4.62. The van der Waals surface area contributed by atoms with E-state index in [0.29, 0.717) is 6.42 Å². The van der Waals surface area contributed by atoms with Gasteiger partial charge in [0.1, 0.15) is 12.7 Å². The maximum Gasteiger partial charge on any atom is 0.469 e. The third-order valence-corrected chi connectivity index (χ3v) is 5.52. The van der Waals surface area contributed by atoms with E-state index in [4.69, 9.17) is 14.5 Å². The monoisotopic (exact) mass is 452 g/mol. The number of unbranched alkanes of at least 4 members (excludes halogenated alkanes) is 12. The van der Waals surface area contributed by atoms with Crippen LogP contribution in [0.15, 0.2) is 0 Å². The van der Waals surface area contributed by atoms with Crippen LogP contribution in [0, 0.1) is 5.92 Å². The van der Waals surface area contributed by atoms with E-state index in [1.807, 2.05) is 0 Å². The normalized spacial score (nSPS) is 13.0. The van der Waals surface area contributed by atoms with E-state index in [2.05, 4.69) is 18.4 Å². The van der Waals surface area contributed by atoms with Crippen LogP contribution < -0.4 is 0 Å². The molecule has 0 saturated heterocycles. The van der Waals surface area contributed by atoms with Gasteiger partial charge in [0.2, 0.25) is 0 Å². The average Bonchev–Trinajstić information content (AvgIpc) is 2.66. The largest absolute Gasteiger partial charge is 0.469 e. The van der Waals surface area contributed by atoms with Crippen molar-refractivity contribution in [2.45, 2.75) is 116 Å². The van der Waals surface area contributed by atoms with E-state index < -0.39 is 26.5 Å². The zero-order valence-electron chi connectivity index (χ0n) is 19.1. The SMILES string of the molecule is CC(C)CCCCCCCCCCCCCCCC(=O)OCC(O)COP(=O)(O)O. The molecule has 0 aliphatic heterocycles. The topological polar surface area (TPSA) is 113 Å². The summed E-state index contributed by atoms with van der Waals surface area (Å²) in [5, 5.41) is 9.43. The lowest BCUT2D eigenvalue weighted by Crippen LogP contribution is -2.23. The number of carbonyl (C=O) groups is 1. The molecule has 0 aromatic heterocycles. The summed E-state index contributed by atoms with van der Waals surface area (Å²) in [6.07, 6.45) is 16.6. The van der Waals surface area contributed by atoms with Gasteiger partial charge in [-0.25, -0.2) is 4.57 Å². The molecule has 0 aliphatic carbocycles. The van der Waals surface area contributed by atoms with Gasteiger partial charge in [0.15, 0.2) is 0 Å². The number of phosphoric ester groups is 1. The second kappa shape index (κ2) is 19.2. The Morgan fingerprint density at radius 1 is 0.767 bits per heavy atom. The van der Waals surface area contributed by atoms with Crippen LogP contribution in [0.5, 0.6) is 0 Å². The number of rotatable bonds is 21. The van der Waals surface area contributed by atoms with Gasteiger partial charge in [0.05, 0.1) is 6.61 Å². The minimum Gasteiger partial charge on any atom is -0.463 e. The van der Waals surface area contributed by atoms with Gasteiger partial charge >= 0.3 is 13.8 Å². The standard InChI is InChI=1S/C22H45O7P/c1-20(2)16-14-12-10-8-6-4-3-5-7-9-11-13-15-17-22(24)28-18-21(23)19-29-30(25,26)27/h20-21,23H,3-19H2,1-2H3,(H2,25,26,27). The highest BCUT2D eigenvalue weighted by atomic mass is 31.2. The van der Waals surface area contributed by atoms with Crippen LogP contribution in [0.4, 0.5) is 0 Å². The second-order valence-electron chi connectivity index (χ2n) is 8.65. The maximum atomic E-state index is 11.6. The fraction of sp³-hybridized carbons (Fsp3) is 0.955. The molecule has 0 bridgehead atoms. The molecule has 1 atom stereocenters. The fourth-order valence-corrected chi connectivity index (χ4v) is 3.63. The average molecular weight is 453 g/mol. The van der Waals surface area contributed by atoms with E-state index in [9.17, 15) is 14.5 Å². The molecular weight excluding hydrogens is 407 g/mol. The molecule has 0 heterocycles. The molecule has 0 spiro atoms. The molecule has 0 aliphatic rings. The second-order valence-corrected chi connectivity index (χ2v) is 9.89. The van der Waals surface area contributed by atoms with E-state index in [-0.39, 0.29) is 6.61 Å². The van der Waals surface area contributed by atoms with Crippen LogP contribution >= 0.6 is 7.82 Å². The summed E-state index contributed by atoms with van der Waals surface area (Å²) < 4.78 is 19.5. The zero-order chi connectivity index (χ0) is 22.7. The molecule has 0 radical (unpaired) electrons. The van der Waals surface area contributed by atoms with Gasteiger partial charge in [0, 0.05) is 6.42 Å². The van der Waals surface area contributed by atoms with E-state index in [1.165, 1.54) is 70.6 Å². The van der Waals surface area contributed by atoms with E-state index in [1.54, 1.807) is 0 Å². The molecule has 8 heteroatoms. The number of aliphatic hydroxyl groups is 1. The van der Waals surface area contributed by atoms with Crippen molar-refractivity contribution in [1.29, 1.82) is 0 Å². The summed E-state index contributed by atoms with van der Waals surface area (Å²) in [4.78, 5) is 28.6. The molecule has 0 fully saturated rings. The molecule has 0 aromatic carbocycles. The number of hydrogen-bond acceptors (Lipinski definition) is 5. The Morgan fingerprint density at radius 3 is 1.63 bits per heavy atom. The molecule has 0 rings (SSSR count). The Kier molecular flexibility index (Phi) is 18.9. The summed E-state index contributed by atoms with van der Waals surface area (Å²) >= 11 is 0. The maximum absolute atomic E-state index is 11.6. The summed E-state index contributed by atoms with van der Waals surface area (Å²) in [5.41, 5.74) is 0. The van der Waals surface area contributed by atoms with Gasteiger partial charge in [-0.2, -0.15) is 0 Å². The number of hydrogen-bond donors (Lipinski definition) is 3. The summed E-state index contributed by atoms with van der Waals surface area (Å²) in [6.45, 7) is 3.69. The number of esters is 1. The molecule has 7 nitrogen and oxygen atoms in total. The third-order valence-electron chi connectivity index (χ3n) is 5.03. The summed E-state index contributed by atoms with van der Waals surface area (Å²) in [6, 6.07) is 0. The predicted octanol–water partition coefficient (Wildman–Crippen LogP) is 5.51. The first-order chi connectivity index (χ1) is 14.2. The van der Waals surface area contributed by atoms with Gasteiger partial charge in [-0.1, -0.05) is 97.3 Å². The van der Waals surface area contributed by atoms with Crippen molar-refractivity contribution in [2.24, 2.45) is 5.92 Å². The first kappa shape index (κ1) is 29.5. The third kappa shape index (κ3) is 23.8. The first-order valence-electron chi connectivity index (χ1n) is 11.7. The van der Waals surface area contributed by atoms with Crippen LogP contribution in [-0.2, 0) is 18.6 Å². The Hall–Kier alpha value is -0.460. The van der Waals surface area contributed by atoms with Crippen molar-refractivity contribution in [1.82, 2.24) is 0 Å². The van der Waals surface area contributed by atoms with Crippen molar-refractivity contribution in [3.05, 3.63) is 0 Å². The molecule has 180 valence electrons. The van der Waals surface area contributed by atoms with Gasteiger partial charge in [-0.15, -0.1) is 0 Å². The molecule has 0 saturated carbocycles. The highest BCUT2D eigenvalue weighted by Gasteiger charge is 2.17. The van der Waals surface area contributed by atoms with Crippen LogP contribution in [0.2, 0.25) is 0 Å². The Balaban J connectivity index is 3.30. The molecule has 0 amide bonds. The lowest BCUT2D eigenvalue weighted by molar-refractivity contribution is -0.147. The first-order valence-corrected chi connectivity index (χ1v) is 13.3. The van der Waals surface area contributed by atoms with Gasteiger partial charge in [0.25, 0.3) is 0 Å². The van der Waals surface area contributed by atoms with E-state index in [0.717, 1.165) is 25.2 Å². The quantitative estimate of drug-likeness (QED) is 0.120. The summed E-state index contributed by atoms with van der Waals surface area (Å²) in [7, 11) is -4.62. The van der Waals surface area contributed by atoms with Crippen LogP contribution in [0.25, 0.3) is 0 Å². The lowest BCUT2D eigenvalue weighted by Gasteiger charge is -2.12. The minimum absolute atomic E-state index is 0.295. The highest BCUT2D eigenvalue weighted by Crippen LogP contribution is 2.35. The predicted molar refractivity (Wildman–Crippen MR) is 119 cm³/mol. The van der Waals surface area contributed by atoms with Crippen molar-refractivity contribution in [2.75, 3.05) is 13.2 Å². The van der Waals surface area contributed by atoms with Crippen LogP contribution in [-0.4, -0.2) is 40.2 Å². The number of phosphoric acid groups is 1. The zero-order valence-corrected chi connectivity index (χ0v) is 20.0. The van der Waals surface area contributed by atoms with E-state index >= 15 is 0 Å². The van der Waals surface area contributed by atoms with Crippen molar-refractivity contribution in [3.8, 4) is 0 Å². The Labute approximate surface area is 183 Å². The van der Waals surface area contributed by atoms with Gasteiger partial charge < -0.3 is 19.6 Å². The molecule has 0 aromatic rings. The molecule has 30 heavy (non-hydrogen) atoms. The molecular formula is C22H45O7P. The van der Waals surface area contributed by atoms with Gasteiger partial charge in [-0.05, 0) is 12.3 Å². The highest BCUT2D eigenvalue weighted by molar-refractivity contribution is 7.46. The molecule has 3 N–H and O–H groups in total. The Bertz CT molecular complexity index is 451. The Morgan fingerprint density at radius 2 is 1.20 bits per heavy atom. The smallest absolute Gasteiger partial charge is 0.463 e. The number of aliphatic hydroxyl groups excluding tert-OH is 1. The summed E-state index contributed by atoms with van der Waals surface area (Å²) in [5.74, 6) is 0.428. The van der Waals surface area contributed by atoms with Gasteiger partial charge in [-0.3, -0.25) is 9.32 Å². The number of carbonyl (C=O) groups excluding carboxylic acids is 1. The van der Waals surface area contributed by atoms with Crippen molar-refractivity contribution < 1.29 is 33.5 Å². The van der Waals surface area contributed by atoms with Crippen molar-refractivity contribution >= 4 is 13.8 Å². The van der Waals surface area contributed by atoms with Crippen molar-refractivity contribution in [3.63, 3.8) is 0 Å².